The second kappa shape index (κ2) is 7.38. The zero-order valence-corrected chi connectivity index (χ0v) is 12.2. The Morgan fingerprint density at radius 3 is 2.53 bits per heavy atom. The van der Waals surface area contributed by atoms with Crippen molar-refractivity contribution in [3.8, 4) is 0 Å². The van der Waals surface area contributed by atoms with Crippen LogP contribution in [0.25, 0.3) is 0 Å². The summed E-state index contributed by atoms with van der Waals surface area (Å²) in [6, 6.07) is 8.64. The van der Waals surface area contributed by atoms with Crippen LogP contribution in [0.2, 0.25) is 0 Å². The van der Waals surface area contributed by atoms with Crippen molar-refractivity contribution in [2.45, 2.75) is 32.9 Å². The third kappa shape index (κ3) is 4.42. The van der Waals surface area contributed by atoms with E-state index >= 15 is 0 Å². The van der Waals surface area contributed by atoms with Gasteiger partial charge in [-0.1, -0.05) is 31.2 Å². The molecular formula is C15H21N3S. The summed E-state index contributed by atoms with van der Waals surface area (Å²) in [5.41, 5.74) is 8.14. The minimum Gasteiger partial charge on any atom is -0.330 e. The maximum atomic E-state index is 5.54. The molecule has 0 bridgehead atoms. The van der Waals surface area contributed by atoms with E-state index < -0.39 is 0 Å². The molecule has 0 saturated heterocycles. The Morgan fingerprint density at radius 2 is 1.89 bits per heavy atom. The van der Waals surface area contributed by atoms with Crippen molar-refractivity contribution < 1.29 is 0 Å². The molecule has 0 fully saturated rings. The van der Waals surface area contributed by atoms with E-state index in [4.69, 9.17) is 5.73 Å². The third-order valence-electron chi connectivity index (χ3n) is 3.01. The Kier molecular flexibility index (Phi) is 5.51. The van der Waals surface area contributed by atoms with E-state index in [0.29, 0.717) is 6.54 Å². The lowest BCUT2D eigenvalue weighted by Gasteiger charge is -2.04. The smallest absolute Gasteiger partial charge is 0.107 e. The highest BCUT2D eigenvalue weighted by atomic mass is 32.1. The van der Waals surface area contributed by atoms with Crippen molar-refractivity contribution in [1.29, 1.82) is 0 Å². The van der Waals surface area contributed by atoms with Gasteiger partial charge in [0.1, 0.15) is 5.01 Å². The van der Waals surface area contributed by atoms with Gasteiger partial charge in [-0.05, 0) is 30.5 Å². The van der Waals surface area contributed by atoms with Crippen LogP contribution in [0.5, 0.6) is 0 Å². The number of rotatable bonds is 7. The van der Waals surface area contributed by atoms with Gasteiger partial charge >= 0.3 is 0 Å². The molecule has 1 aromatic heterocycles. The normalized spacial score (nSPS) is 10.8. The standard InChI is InChI=1S/C15H21N3S/c1-2-14-10-18-15(19-14)11-17-9-13-5-3-12(4-6-13)7-8-16/h3-6,10,17H,2,7-9,11,16H2,1H3. The summed E-state index contributed by atoms with van der Waals surface area (Å²) in [6.45, 7) is 4.59. The number of hydrogen-bond donors (Lipinski definition) is 2. The molecule has 0 spiro atoms. The molecule has 1 aromatic carbocycles. The lowest BCUT2D eigenvalue weighted by molar-refractivity contribution is 0.689. The van der Waals surface area contributed by atoms with Crippen molar-refractivity contribution in [2.24, 2.45) is 5.73 Å². The molecule has 4 heteroatoms. The maximum Gasteiger partial charge on any atom is 0.107 e. The predicted octanol–water partition coefficient (Wildman–Crippen LogP) is 2.50. The second-order valence-electron chi connectivity index (χ2n) is 4.53. The topological polar surface area (TPSA) is 50.9 Å². The van der Waals surface area contributed by atoms with E-state index in [-0.39, 0.29) is 0 Å². The summed E-state index contributed by atoms with van der Waals surface area (Å²) in [7, 11) is 0. The zero-order valence-electron chi connectivity index (χ0n) is 11.4. The van der Waals surface area contributed by atoms with Crippen molar-refractivity contribution in [2.75, 3.05) is 6.54 Å². The molecule has 0 amide bonds. The highest BCUT2D eigenvalue weighted by Crippen LogP contribution is 2.13. The van der Waals surface area contributed by atoms with Crippen LogP contribution in [0, 0.1) is 0 Å². The first-order valence-corrected chi connectivity index (χ1v) is 7.55. The summed E-state index contributed by atoms with van der Waals surface area (Å²) < 4.78 is 0. The van der Waals surface area contributed by atoms with E-state index in [2.05, 4.69) is 41.5 Å². The number of thiazole rings is 1. The fraction of sp³-hybridized carbons (Fsp3) is 0.400. The molecule has 0 saturated carbocycles. The molecular weight excluding hydrogens is 254 g/mol. The first-order valence-electron chi connectivity index (χ1n) is 6.74. The third-order valence-corrected chi connectivity index (χ3v) is 4.15. The van der Waals surface area contributed by atoms with Crippen LogP contribution in [-0.4, -0.2) is 11.5 Å². The molecule has 2 rings (SSSR count). The summed E-state index contributed by atoms with van der Waals surface area (Å²) >= 11 is 1.79. The minimum atomic E-state index is 0.710. The first-order chi connectivity index (χ1) is 9.31. The van der Waals surface area contributed by atoms with Gasteiger partial charge in [-0.2, -0.15) is 0 Å². The van der Waals surface area contributed by atoms with Crippen LogP contribution in [0.4, 0.5) is 0 Å². The Hall–Kier alpha value is -1.23. The number of benzene rings is 1. The zero-order chi connectivity index (χ0) is 13.5. The number of nitrogens with zero attached hydrogens (tertiary/aromatic N) is 1. The Labute approximate surface area is 118 Å². The Morgan fingerprint density at radius 1 is 1.16 bits per heavy atom. The number of aryl methyl sites for hydroxylation is 1. The monoisotopic (exact) mass is 275 g/mol. The van der Waals surface area contributed by atoms with Gasteiger partial charge in [0.25, 0.3) is 0 Å². The lowest BCUT2D eigenvalue weighted by atomic mass is 10.1. The molecule has 19 heavy (non-hydrogen) atoms. The molecule has 0 aliphatic rings. The highest BCUT2D eigenvalue weighted by molar-refractivity contribution is 7.11. The van der Waals surface area contributed by atoms with Gasteiger partial charge in [-0.15, -0.1) is 11.3 Å². The molecule has 0 atom stereocenters. The molecule has 1 heterocycles. The van der Waals surface area contributed by atoms with Gasteiger partial charge in [-0.3, -0.25) is 0 Å². The molecule has 0 unspecified atom stereocenters. The van der Waals surface area contributed by atoms with Crippen LogP contribution < -0.4 is 11.1 Å². The summed E-state index contributed by atoms with van der Waals surface area (Å²) in [5, 5.41) is 4.59. The molecule has 0 aliphatic heterocycles. The Balaban J connectivity index is 1.78. The van der Waals surface area contributed by atoms with Gasteiger partial charge in [0.05, 0.1) is 0 Å². The number of nitrogens with one attached hydrogen (secondary N) is 1. The van der Waals surface area contributed by atoms with Crippen LogP contribution in [0.15, 0.2) is 30.5 Å². The van der Waals surface area contributed by atoms with E-state index in [9.17, 15) is 0 Å². The van der Waals surface area contributed by atoms with E-state index in [1.165, 1.54) is 16.0 Å². The second-order valence-corrected chi connectivity index (χ2v) is 5.73. The van der Waals surface area contributed by atoms with Crippen molar-refractivity contribution >= 4 is 11.3 Å². The van der Waals surface area contributed by atoms with Crippen molar-refractivity contribution in [1.82, 2.24) is 10.3 Å². The van der Waals surface area contributed by atoms with Gasteiger partial charge in [0.15, 0.2) is 0 Å². The van der Waals surface area contributed by atoms with Crippen LogP contribution in [-0.2, 0) is 25.9 Å². The molecule has 3 N–H and O–H groups in total. The van der Waals surface area contributed by atoms with E-state index in [1.54, 1.807) is 11.3 Å². The fourth-order valence-electron chi connectivity index (χ4n) is 1.90. The molecule has 2 aromatic rings. The quantitative estimate of drug-likeness (QED) is 0.816. The van der Waals surface area contributed by atoms with Crippen LogP contribution in [0.1, 0.15) is 27.9 Å². The minimum absolute atomic E-state index is 0.710. The van der Waals surface area contributed by atoms with E-state index in [1.807, 2.05) is 6.20 Å². The molecule has 3 nitrogen and oxygen atoms in total. The molecule has 102 valence electrons. The van der Waals surface area contributed by atoms with Gasteiger partial charge in [-0.25, -0.2) is 4.98 Å². The maximum absolute atomic E-state index is 5.54. The number of nitrogens with two attached hydrogens (primary N) is 1. The van der Waals surface area contributed by atoms with Crippen LogP contribution in [0.3, 0.4) is 0 Å². The SMILES string of the molecule is CCc1cnc(CNCc2ccc(CCN)cc2)s1. The van der Waals surface area contributed by atoms with E-state index in [0.717, 1.165) is 30.9 Å². The summed E-state index contributed by atoms with van der Waals surface area (Å²) in [6.07, 6.45) is 4.00. The van der Waals surface area contributed by atoms with Crippen molar-refractivity contribution in [3.05, 3.63) is 51.5 Å². The van der Waals surface area contributed by atoms with Gasteiger partial charge in [0, 0.05) is 24.2 Å². The first kappa shape index (κ1) is 14.2. The fourth-order valence-corrected chi connectivity index (χ4v) is 2.73. The van der Waals surface area contributed by atoms with Gasteiger partial charge in [0.2, 0.25) is 0 Å². The lowest BCUT2D eigenvalue weighted by Crippen LogP contribution is -2.12. The number of hydrogen-bond acceptors (Lipinski definition) is 4. The average Bonchev–Trinajstić information content (AvgIpc) is 2.89. The van der Waals surface area contributed by atoms with Crippen molar-refractivity contribution in [3.63, 3.8) is 0 Å². The number of aromatic nitrogens is 1. The molecule has 0 aliphatic carbocycles. The summed E-state index contributed by atoms with van der Waals surface area (Å²) in [4.78, 5) is 5.75. The van der Waals surface area contributed by atoms with Crippen LogP contribution >= 0.6 is 11.3 Å². The highest BCUT2D eigenvalue weighted by Gasteiger charge is 2.00. The predicted molar refractivity (Wildman–Crippen MR) is 81.2 cm³/mol. The van der Waals surface area contributed by atoms with Gasteiger partial charge < -0.3 is 11.1 Å². The largest absolute Gasteiger partial charge is 0.330 e. The summed E-state index contributed by atoms with van der Waals surface area (Å²) in [5.74, 6) is 0. The molecule has 0 radical (unpaired) electrons. The Bertz CT molecular complexity index is 490. The average molecular weight is 275 g/mol.